The van der Waals surface area contributed by atoms with Crippen molar-refractivity contribution < 1.29 is 22.7 Å². The van der Waals surface area contributed by atoms with Gasteiger partial charge in [-0.05, 0) is 24.3 Å². The van der Waals surface area contributed by atoms with Crippen LogP contribution in [0.1, 0.15) is 29.9 Å². The van der Waals surface area contributed by atoms with Gasteiger partial charge in [0.15, 0.2) is 15.9 Å². The molecule has 0 radical (unpaired) electrons. The summed E-state index contributed by atoms with van der Waals surface area (Å²) in [5.41, 5.74) is 7.14. The molecular weight excluding hydrogens is 490 g/mol. The van der Waals surface area contributed by atoms with Gasteiger partial charge in [0, 0.05) is 33.5 Å². The van der Waals surface area contributed by atoms with E-state index in [1.54, 1.807) is 30.3 Å². The fraction of sp³-hybridized carbons (Fsp3) is 0.217. The van der Waals surface area contributed by atoms with Gasteiger partial charge in [0.25, 0.3) is 15.9 Å². The number of amides is 1. The van der Waals surface area contributed by atoms with Crippen LogP contribution in [0, 0.1) is 0 Å². The summed E-state index contributed by atoms with van der Waals surface area (Å²) >= 11 is 1.08. The number of hydrogen-bond acceptors (Lipinski definition) is 10. The van der Waals surface area contributed by atoms with Gasteiger partial charge in [-0.3, -0.25) is 4.79 Å². The van der Waals surface area contributed by atoms with Crippen LogP contribution < -0.4 is 19.9 Å². The molecule has 3 N–H and O–H groups in total. The largest absolute Gasteiger partial charge is 0.495 e. The fourth-order valence-electron chi connectivity index (χ4n) is 4.01. The average Bonchev–Trinajstić information content (AvgIpc) is 3.39. The van der Waals surface area contributed by atoms with Crippen LogP contribution in [0.4, 0.5) is 5.13 Å². The number of fused-ring (bicyclic) bond motifs is 2. The number of nitrogens with zero attached hydrogens (tertiary/aromatic N) is 3. The number of aromatic nitrogens is 3. The van der Waals surface area contributed by atoms with Crippen molar-refractivity contribution in [1.82, 2.24) is 19.1 Å². The summed E-state index contributed by atoms with van der Waals surface area (Å²) in [6.07, 6.45) is 0. The molecule has 0 fully saturated rings. The van der Waals surface area contributed by atoms with Crippen molar-refractivity contribution in [2.45, 2.75) is 24.2 Å². The second kappa shape index (κ2) is 8.17. The smallest absolute Gasteiger partial charge is 0.283 e. The molecule has 12 heteroatoms. The number of rotatable bonds is 5. The van der Waals surface area contributed by atoms with Crippen LogP contribution in [-0.2, 0) is 15.4 Å². The number of carbonyl (C=O) groups excluding carboxylic acids is 1. The van der Waals surface area contributed by atoms with Crippen LogP contribution in [0.5, 0.6) is 11.5 Å². The Morgan fingerprint density at radius 2 is 1.97 bits per heavy atom. The SMILES string of the molecule is COc1ccc2c(c1S(=O)(=O)NC(=O)c1ccc3c(-c4nsc(N)n4)cccc3n1)OCC2(C)C. The van der Waals surface area contributed by atoms with E-state index in [-0.39, 0.29) is 27.5 Å². The first kappa shape index (κ1) is 23.0. The monoisotopic (exact) mass is 511 g/mol. The second-order valence-corrected chi connectivity index (χ2v) is 11.0. The summed E-state index contributed by atoms with van der Waals surface area (Å²) < 4.78 is 44.0. The van der Waals surface area contributed by atoms with Crippen LogP contribution in [-0.4, -0.2) is 42.4 Å². The highest BCUT2D eigenvalue weighted by Gasteiger charge is 2.39. The van der Waals surface area contributed by atoms with Gasteiger partial charge in [-0.1, -0.05) is 32.0 Å². The molecule has 0 unspecified atom stereocenters. The van der Waals surface area contributed by atoms with Crippen LogP contribution in [0.3, 0.4) is 0 Å². The number of carbonyl (C=O) groups is 1. The van der Waals surface area contributed by atoms with E-state index in [0.717, 1.165) is 17.1 Å². The minimum atomic E-state index is -4.35. The number of pyridine rings is 1. The standard InChI is InChI=1S/C23H21N5O5S2/c1-23(2)11-33-18-14(23)8-10-17(32-3)19(18)35(30,31)28-21(29)16-9-7-12-13(5-4-6-15(12)25-16)20-26-22(24)34-27-20/h4-10H,11H2,1-3H3,(H,28,29)(H2,24,26,27). The topological polar surface area (TPSA) is 146 Å². The van der Waals surface area contributed by atoms with E-state index in [1.165, 1.54) is 13.2 Å². The molecule has 0 saturated heterocycles. The van der Waals surface area contributed by atoms with Crippen LogP contribution in [0.25, 0.3) is 22.3 Å². The van der Waals surface area contributed by atoms with Crippen molar-refractivity contribution in [1.29, 1.82) is 0 Å². The Hall–Kier alpha value is -3.77. The van der Waals surface area contributed by atoms with E-state index in [9.17, 15) is 13.2 Å². The molecular formula is C23H21N5O5S2. The number of ether oxygens (including phenoxy) is 2. The molecule has 1 amide bonds. The van der Waals surface area contributed by atoms with Gasteiger partial charge in [-0.15, -0.1) is 0 Å². The van der Waals surface area contributed by atoms with Gasteiger partial charge in [-0.2, -0.15) is 9.36 Å². The van der Waals surface area contributed by atoms with Gasteiger partial charge >= 0.3 is 0 Å². The maximum absolute atomic E-state index is 13.3. The summed E-state index contributed by atoms with van der Waals surface area (Å²) in [6.45, 7) is 4.20. The molecule has 1 aliphatic heterocycles. The summed E-state index contributed by atoms with van der Waals surface area (Å²) in [4.78, 5) is 21.3. The average molecular weight is 512 g/mol. The lowest BCUT2D eigenvalue weighted by Crippen LogP contribution is -2.31. The third-order valence-corrected chi connectivity index (χ3v) is 7.67. The Bertz CT molecular complexity index is 1600. The van der Waals surface area contributed by atoms with Gasteiger partial charge in [0.2, 0.25) is 0 Å². The van der Waals surface area contributed by atoms with E-state index in [0.29, 0.717) is 34.0 Å². The molecule has 3 heterocycles. The first-order valence-electron chi connectivity index (χ1n) is 10.5. The van der Waals surface area contributed by atoms with E-state index in [4.69, 9.17) is 15.2 Å². The number of methoxy groups -OCH3 is 1. The molecule has 0 saturated carbocycles. The molecule has 1 aliphatic rings. The zero-order valence-electron chi connectivity index (χ0n) is 19.0. The zero-order valence-corrected chi connectivity index (χ0v) is 20.7. The molecule has 0 spiro atoms. The third kappa shape index (κ3) is 3.94. The highest BCUT2D eigenvalue weighted by molar-refractivity contribution is 7.90. The molecule has 2 aromatic carbocycles. The van der Waals surface area contributed by atoms with Crippen molar-refractivity contribution in [3.8, 4) is 22.9 Å². The Morgan fingerprint density at radius 1 is 1.17 bits per heavy atom. The van der Waals surface area contributed by atoms with E-state index in [1.807, 2.05) is 19.9 Å². The number of hydrogen-bond donors (Lipinski definition) is 2. The Labute approximate surface area is 205 Å². The van der Waals surface area contributed by atoms with Gasteiger partial charge in [0.1, 0.15) is 17.2 Å². The first-order valence-corrected chi connectivity index (χ1v) is 12.8. The lowest BCUT2D eigenvalue weighted by atomic mass is 9.87. The highest BCUT2D eigenvalue weighted by Crippen LogP contribution is 2.46. The van der Waals surface area contributed by atoms with Crippen molar-refractivity contribution in [3.05, 3.63) is 53.7 Å². The molecule has 10 nitrogen and oxygen atoms in total. The number of anilines is 1. The lowest BCUT2D eigenvalue weighted by molar-refractivity contribution is 0.0977. The van der Waals surface area contributed by atoms with Crippen molar-refractivity contribution in [3.63, 3.8) is 0 Å². The van der Waals surface area contributed by atoms with Crippen LogP contribution >= 0.6 is 11.5 Å². The second-order valence-electron chi connectivity index (χ2n) is 8.61. The maximum atomic E-state index is 13.3. The molecule has 35 heavy (non-hydrogen) atoms. The molecule has 0 bridgehead atoms. The minimum Gasteiger partial charge on any atom is -0.495 e. The Morgan fingerprint density at radius 3 is 2.69 bits per heavy atom. The zero-order chi connectivity index (χ0) is 25.0. The lowest BCUT2D eigenvalue weighted by Gasteiger charge is -2.17. The maximum Gasteiger partial charge on any atom is 0.283 e. The van der Waals surface area contributed by atoms with Crippen LogP contribution in [0.15, 0.2) is 47.4 Å². The fourth-order valence-corrected chi connectivity index (χ4v) is 5.74. The summed E-state index contributed by atoms with van der Waals surface area (Å²) in [7, 11) is -2.99. The van der Waals surface area contributed by atoms with Crippen molar-refractivity contribution >= 4 is 43.5 Å². The van der Waals surface area contributed by atoms with Gasteiger partial charge < -0.3 is 15.2 Å². The Kier molecular flexibility index (Phi) is 5.37. The summed E-state index contributed by atoms with van der Waals surface area (Å²) in [5, 5.41) is 1.03. The predicted octanol–water partition coefficient (Wildman–Crippen LogP) is 3.13. The van der Waals surface area contributed by atoms with Crippen molar-refractivity contribution in [2.75, 3.05) is 19.5 Å². The molecule has 5 rings (SSSR count). The normalized spacial score (nSPS) is 14.4. The van der Waals surface area contributed by atoms with E-state index in [2.05, 4.69) is 19.1 Å². The number of sulfonamides is 1. The molecule has 0 atom stereocenters. The highest BCUT2D eigenvalue weighted by atomic mass is 32.2. The van der Waals surface area contributed by atoms with Gasteiger partial charge in [0.05, 0.1) is 19.2 Å². The molecule has 0 aliphatic carbocycles. The van der Waals surface area contributed by atoms with Crippen molar-refractivity contribution in [2.24, 2.45) is 0 Å². The summed E-state index contributed by atoms with van der Waals surface area (Å²) in [6, 6.07) is 11.7. The number of benzene rings is 2. The van der Waals surface area contributed by atoms with E-state index >= 15 is 0 Å². The number of nitrogens with two attached hydrogens (primary N) is 1. The minimum absolute atomic E-state index is 0.0724. The summed E-state index contributed by atoms with van der Waals surface area (Å²) in [5.74, 6) is -0.174. The molecule has 4 aromatic rings. The van der Waals surface area contributed by atoms with Gasteiger partial charge in [-0.25, -0.2) is 18.1 Å². The third-order valence-electron chi connectivity index (χ3n) is 5.75. The quantitative estimate of drug-likeness (QED) is 0.412. The first-order chi connectivity index (χ1) is 16.6. The van der Waals surface area contributed by atoms with E-state index < -0.39 is 15.9 Å². The molecule has 180 valence electrons. The number of nitrogens with one attached hydrogen (secondary N) is 1. The Balaban J connectivity index is 1.51. The predicted molar refractivity (Wildman–Crippen MR) is 131 cm³/mol. The molecule has 2 aromatic heterocycles. The number of nitrogen functional groups attached to an aromatic ring is 1. The van der Waals surface area contributed by atoms with Crippen LogP contribution in [0.2, 0.25) is 0 Å².